The first kappa shape index (κ1) is 16.0. The Balaban J connectivity index is 2.65. The zero-order valence-corrected chi connectivity index (χ0v) is 12.3. The van der Waals surface area contributed by atoms with Crippen molar-refractivity contribution in [3.8, 4) is 0 Å². The lowest BCUT2D eigenvalue weighted by atomic mass is 9.77. The van der Waals surface area contributed by atoms with Crippen LogP contribution in [0, 0.1) is 5.41 Å². The quantitative estimate of drug-likeness (QED) is 0.793. The number of likely N-dealkylation sites (tertiary alicyclic amines) is 1. The van der Waals surface area contributed by atoms with Gasteiger partial charge in [0.15, 0.2) is 0 Å². The molecule has 1 saturated heterocycles. The highest BCUT2D eigenvalue weighted by molar-refractivity contribution is 5.79. The van der Waals surface area contributed by atoms with E-state index >= 15 is 0 Å². The smallest absolute Gasteiger partial charge is 0.310 e. The van der Waals surface area contributed by atoms with Crippen molar-refractivity contribution >= 4 is 11.9 Å². The lowest BCUT2D eigenvalue weighted by molar-refractivity contribution is -0.154. The van der Waals surface area contributed by atoms with E-state index in [2.05, 4.69) is 0 Å². The van der Waals surface area contributed by atoms with Crippen LogP contribution in [0.3, 0.4) is 0 Å². The molecule has 0 radical (unpaired) electrons. The Morgan fingerprint density at radius 3 is 2.37 bits per heavy atom. The van der Waals surface area contributed by atoms with Crippen molar-refractivity contribution in [1.29, 1.82) is 0 Å². The molecule has 5 nitrogen and oxygen atoms in total. The Bertz CT molecular complexity index is 329. The summed E-state index contributed by atoms with van der Waals surface area (Å²) in [5.41, 5.74) is -0.665. The molecule has 110 valence electrons. The van der Waals surface area contributed by atoms with Gasteiger partial charge in [0.05, 0.1) is 12.0 Å². The maximum absolute atomic E-state index is 12.1. The molecule has 1 heterocycles. The third-order valence-electron chi connectivity index (χ3n) is 4.26. The van der Waals surface area contributed by atoms with Gasteiger partial charge in [0.1, 0.15) is 0 Å². The summed E-state index contributed by atoms with van der Waals surface area (Å²) in [6.45, 7) is 8.92. The number of hydrogen-bond donors (Lipinski definition) is 1. The van der Waals surface area contributed by atoms with Gasteiger partial charge in [-0.25, -0.2) is 0 Å². The molecular formula is C14H26N2O3. The molecule has 19 heavy (non-hydrogen) atoms. The van der Waals surface area contributed by atoms with Gasteiger partial charge in [-0.3, -0.25) is 14.5 Å². The lowest BCUT2D eigenvalue weighted by Gasteiger charge is -2.39. The molecule has 1 fully saturated rings. The van der Waals surface area contributed by atoms with Crippen LogP contribution in [0.4, 0.5) is 0 Å². The van der Waals surface area contributed by atoms with Crippen molar-refractivity contribution in [2.75, 3.05) is 32.7 Å². The van der Waals surface area contributed by atoms with Gasteiger partial charge in [0.2, 0.25) is 5.91 Å². The number of carbonyl (C=O) groups is 2. The van der Waals surface area contributed by atoms with Crippen LogP contribution in [0.2, 0.25) is 0 Å². The fourth-order valence-electron chi connectivity index (χ4n) is 2.84. The minimum Gasteiger partial charge on any atom is -0.481 e. The van der Waals surface area contributed by atoms with E-state index in [4.69, 9.17) is 0 Å². The van der Waals surface area contributed by atoms with E-state index in [-0.39, 0.29) is 5.91 Å². The zero-order valence-electron chi connectivity index (χ0n) is 12.3. The van der Waals surface area contributed by atoms with Crippen LogP contribution in [-0.2, 0) is 9.59 Å². The molecule has 0 aromatic carbocycles. The molecule has 0 aliphatic carbocycles. The van der Waals surface area contributed by atoms with Gasteiger partial charge in [-0.2, -0.15) is 0 Å². The molecular weight excluding hydrogens is 244 g/mol. The average Bonchev–Trinajstić information content (AvgIpc) is 2.40. The number of aliphatic carboxylic acids is 1. The SMILES string of the molecule is CCN(CC)C(=O)CN1CCCC(CC)(C(=O)O)C1. The Morgan fingerprint density at radius 2 is 1.89 bits per heavy atom. The molecule has 0 aromatic heterocycles. The first-order chi connectivity index (χ1) is 8.99. The molecule has 0 aromatic rings. The van der Waals surface area contributed by atoms with Crippen LogP contribution in [0.5, 0.6) is 0 Å². The summed E-state index contributed by atoms with van der Waals surface area (Å²) in [6, 6.07) is 0. The molecule has 0 saturated carbocycles. The molecule has 1 N–H and O–H groups in total. The predicted molar refractivity (Wildman–Crippen MR) is 74.0 cm³/mol. The van der Waals surface area contributed by atoms with E-state index in [1.807, 2.05) is 25.7 Å². The van der Waals surface area contributed by atoms with E-state index in [1.54, 1.807) is 4.90 Å². The van der Waals surface area contributed by atoms with Crippen molar-refractivity contribution in [3.63, 3.8) is 0 Å². The fourth-order valence-corrected chi connectivity index (χ4v) is 2.84. The number of likely N-dealkylation sites (N-methyl/N-ethyl adjacent to an activating group) is 1. The van der Waals surface area contributed by atoms with Crippen LogP contribution in [0.15, 0.2) is 0 Å². The molecule has 1 rings (SSSR count). The number of hydrogen-bond acceptors (Lipinski definition) is 3. The lowest BCUT2D eigenvalue weighted by Crippen LogP contribution is -2.50. The third-order valence-corrected chi connectivity index (χ3v) is 4.26. The first-order valence-electron chi connectivity index (χ1n) is 7.22. The van der Waals surface area contributed by atoms with Crippen molar-refractivity contribution in [3.05, 3.63) is 0 Å². The van der Waals surface area contributed by atoms with Gasteiger partial charge < -0.3 is 10.0 Å². The highest BCUT2D eigenvalue weighted by Crippen LogP contribution is 2.33. The van der Waals surface area contributed by atoms with E-state index in [9.17, 15) is 14.7 Å². The molecule has 1 amide bonds. The topological polar surface area (TPSA) is 60.9 Å². The van der Waals surface area contributed by atoms with Crippen molar-refractivity contribution in [2.24, 2.45) is 5.41 Å². The van der Waals surface area contributed by atoms with E-state index in [0.717, 1.165) is 19.4 Å². The predicted octanol–water partition coefficient (Wildman–Crippen LogP) is 1.43. The summed E-state index contributed by atoms with van der Waals surface area (Å²) >= 11 is 0. The third kappa shape index (κ3) is 3.69. The summed E-state index contributed by atoms with van der Waals surface area (Å²) in [4.78, 5) is 27.3. The minimum absolute atomic E-state index is 0.0993. The molecule has 1 aliphatic rings. The van der Waals surface area contributed by atoms with Gasteiger partial charge in [0.25, 0.3) is 0 Å². The number of carboxylic acids is 1. The number of nitrogens with zero attached hydrogens (tertiary/aromatic N) is 2. The highest BCUT2D eigenvalue weighted by atomic mass is 16.4. The summed E-state index contributed by atoms with van der Waals surface area (Å²) in [6.07, 6.45) is 2.19. The second-order valence-corrected chi connectivity index (χ2v) is 5.32. The summed E-state index contributed by atoms with van der Waals surface area (Å²) in [5, 5.41) is 9.42. The Kier molecular flexibility index (Phi) is 5.79. The monoisotopic (exact) mass is 270 g/mol. The largest absolute Gasteiger partial charge is 0.481 e. The highest BCUT2D eigenvalue weighted by Gasteiger charge is 2.41. The standard InChI is InChI=1S/C14H26N2O3/c1-4-14(13(18)19)8-7-9-15(11-14)10-12(17)16(5-2)6-3/h4-11H2,1-3H3,(H,18,19). The molecule has 0 bridgehead atoms. The van der Waals surface area contributed by atoms with Crippen LogP contribution >= 0.6 is 0 Å². The van der Waals surface area contributed by atoms with Crippen LogP contribution in [0.1, 0.15) is 40.0 Å². The van der Waals surface area contributed by atoms with Gasteiger partial charge in [-0.1, -0.05) is 6.92 Å². The summed E-state index contributed by atoms with van der Waals surface area (Å²) in [5.74, 6) is -0.628. The van der Waals surface area contributed by atoms with Crippen molar-refractivity contribution < 1.29 is 14.7 Å². The Hall–Kier alpha value is -1.10. The zero-order chi connectivity index (χ0) is 14.5. The normalized spacial score (nSPS) is 24.2. The number of carbonyl (C=O) groups excluding carboxylic acids is 1. The Labute approximate surface area is 115 Å². The summed E-state index contributed by atoms with van der Waals surface area (Å²) in [7, 11) is 0. The maximum atomic E-state index is 12.1. The van der Waals surface area contributed by atoms with E-state index in [1.165, 1.54) is 0 Å². The second-order valence-electron chi connectivity index (χ2n) is 5.32. The minimum atomic E-state index is -0.727. The molecule has 1 atom stereocenters. The van der Waals surface area contributed by atoms with Crippen LogP contribution in [-0.4, -0.2) is 59.5 Å². The first-order valence-corrected chi connectivity index (χ1v) is 7.22. The van der Waals surface area contributed by atoms with Crippen molar-refractivity contribution in [1.82, 2.24) is 9.80 Å². The number of piperidine rings is 1. The van der Waals surface area contributed by atoms with Gasteiger partial charge in [-0.15, -0.1) is 0 Å². The molecule has 0 spiro atoms. The summed E-state index contributed by atoms with van der Waals surface area (Å²) < 4.78 is 0. The average molecular weight is 270 g/mol. The number of rotatable bonds is 6. The van der Waals surface area contributed by atoms with Crippen molar-refractivity contribution in [2.45, 2.75) is 40.0 Å². The van der Waals surface area contributed by atoms with Gasteiger partial charge >= 0.3 is 5.97 Å². The molecule has 5 heteroatoms. The van der Waals surface area contributed by atoms with E-state index in [0.29, 0.717) is 32.6 Å². The molecule has 1 aliphatic heterocycles. The van der Waals surface area contributed by atoms with Crippen LogP contribution < -0.4 is 0 Å². The second kappa shape index (κ2) is 6.89. The number of carboxylic acid groups (broad SMARTS) is 1. The van der Waals surface area contributed by atoms with Gasteiger partial charge in [-0.05, 0) is 39.7 Å². The van der Waals surface area contributed by atoms with E-state index < -0.39 is 11.4 Å². The Morgan fingerprint density at radius 1 is 1.26 bits per heavy atom. The van der Waals surface area contributed by atoms with Crippen LogP contribution in [0.25, 0.3) is 0 Å². The molecule has 1 unspecified atom stereocenters. The number of amides is 1. The van der Waals surface area contributed by atoms with Gasteiger partial charge in [0, 0.05) is 19.6 Å². The maximum Gasteiger partial charge on any atom is 0.310 e. The fraction of sp³-hybridized carbons (Fsp3) is 0.857.